The number of carbonyl (C=O) groups is 2. The van der Waals surface area contributed by atoms with Crippen LogP contribution in [0.4, 0.5) is 11.4 Å². The second-order valence-electron chi connectivity index (χ2n) is 7.47. The lowest BCUT2D eigenvalue weighted by Crippen LogP contribution is -2.35. The first-order valence-electron chi connectivity index (χ1n) is 10.2. The molecule has 9 heteroatoms. The SMILES string of the molecule is CCC(=O)Nc1ccc(S(=O)(=O)Nc2ccc3c(c2)CN(C(=O)c2ccco2)CC3)cc1. The molecule has 1 aliphatic rings. The van der Waals surface area contributed by atoms with Crippen LogP contribution in [-0.4, -0.2) is 31.7 Å². The number of anilines is 2. The van der Waals surface area contributed by atoms with E-state index in [1.807, 2.05) is 6.07 Å². The van der Waals surface area contributed by atoms with E-state index in [4.69, 9.17) is 4.42 Å². The van der Waals surface area contributed by atoms with E-state index in [0.29, 0.717) is 37.3 Å². The van der Waals surface area contributed by atoms with Crippen molar-refractivity contribution in [3.63, 3.8) is 0 Å². The quantitative estimate of drug-likeness (QED) is 0.592. The molecule has 0 aliphatic carbocycles. The summed E-state index contributed by atoms with van der Waals surface area (Å²) >= 11 is 0. The molecule has 2 aromatic carbocycles. The minimum absolute atomic E-state index is 0.0827. The Labute approximate surface area is 186 Å². The van der Waals surface area contributed by atoms with Gasteiger partial charge in [0.15, 0.2) is 5.76 Å². The summed E-state index contributed by atoms with van der Waals surface area (Å²) in [5.41, 5.74) is 2.91. The highest BCUT2D eigenvalue weighted by molar-refractivity contribution is 7.92. The molecule has 0 saturated heterocycles. The number of nitrogens with zero attached hydrogens (tertiary/aromatic N) is 1. The standard InChI is InChI=1S/C23H23N3O5S/c1-2-22(27)24-18-7-9-20(10-8-18)32(29,30)25-19-6-5-16-11-12-26(15-17(16)14-19)23(28)21-4-3-13-31-21/h3-10,13-14,25H,2,11-12,15H2,1H3,(H,24,27). The third kappa shape index (κ3) is 4.67. The zero-order valence-electron chi connectivity index (χ0n) is 17.5. The maximum Gasteiger partial charge on any atom is 0.289 e. The predicted molar refractivity (Wildman–Crippen MR) is 120 cm³/mol. The van der Waals surface area contributed by atoms with E-state index in [-0.39, 0.29) is 22.5 Å². The number of fused-ring (bicyclic) bond motifs is 1. The second kappa shape index (κ2) is 8.88. The van der Waals surface area contributed by atoms with Gasteiger partial charge in [-0.25, -0.2) is 8.42 Å². The third-order valence-electron chi connectivity index (χ3n) is 5.26. The molecule has 32 heavy (non-hydrogen) atoms. The van der Waals surface area contributed by atoms with Gasteiger partial charge in [0.1, 0.15) is 0 Å². The van der Waals surface area contributed by atoms with Crippen LogP contribution in [0.3, 0.4) is 0 Å². The summed E-state index contributed by atoms with van der Waals surface area (Å²) in [5, 5.41) is 2.68. The largest absolute Gasteiger partial charge is 0.459 e. The molecule has 2 heterocycles. The van der Waals surface area contributed by atoms with E-state index in [1.54, 1.807) is 48.2 Å². The van der Waals surface area contributed by atoms with E-state index in [2.05, 4.69) is 10.0 Å². The molecule has 0 bridgehead atoms. The lowest BCUT2D eigenvalue weighted by Gasteiger charge is -2.28. The van der Waals surface area contributed by atoms with Crippen molar-refractivity contribution in [3.05, 3.63) is 77.7 Å². The van der Waals surface area contributed by atoms with Crippen molar-refractivity contribution in [1.29, 1.82) is 0 Å². The molecule has 2 amide bonds. The van der Waals surface area contributed by atoms with Gasteiger partial charge in [0, 0.05) is 30.9 Å². The van der Waals surface area contributed by atoms with Gasteiger partial charge in [-0.3, -0.25) is 14.3 Å². The monoisotopic (exact) mass is 453 g/mol. The maximum absolute atomic E-state index is 12.8. The van der Waals surface area contributed by atoms with Gasteiger partial charge in [-0.1, -0.05) is 13.0 Å². The molecule has 3 aromatic rings. The molecule has 0 atom stereocenters. The minimum atomic E-state index is -3.81. The molecule has 8 nitrogen and oxygen atoms in total. The summed E-state index contributed by atoms with van der Waals surface area (Å²) in [6.07, 6.45) is 2.48. The van der Waals surface area contributed by atoms with Gasteiger partial charge in [0.25, 0.3) is 15.9 Å². The Morgan fingerprint density at radius 3 is 2.47 bits per heavy atom. The number of benzene rings is 2. The summed E-state index contributed by atoms with van der Waals surface area (Å²) in [5.74, 6) is -0.0573. The van der Waals surface area contributed by atoms with Gasteiger partial charge in [-0.2, -0.15) is 0 Å². The molecule has 1 aromatic heterocycles. The number of nitrogens with one attached hydrogen (secondary N) is 2. The number of furan rings is 1. The van der Waals surface area contributed by atoms with Gasteiger partial charge < -0.3 is 14.6 Å². The summed E-state index contributed by atoms with van der Waals surface area (Å²) in [7, 11) is -3.81. The fourth-order valence-corrected chi connectivity index (χ4v) is 4.58. The Balaban J connectivity index is 1.49. The number of sulfonamides is 1. The lowest BCUT2D eigenvalue weighted by molar-refractivity contribution is -0.115. The molecule has 0 unspecified atom stereocenters. The molecular formula is C23H23N3O5S. The van der Waals surface area contributed by atoms with E-state index in [0.717, 1.165) is 11.1 Å². The Kier molecular flexibility index (Phi) is 6.00. The van der Waals surface area contributed by atoms with Gasteiger partial charge in [0.2, 0.25) is 5.91 Å². The summed E-state index contributed by atoms with van der Waals surface area (Å²) in [6.45, 7) is 2.68. The fraction of sp³-hybridized carbons (Fsp3) is 0.217. The molecule has 166 valence electrons. The van der Waals surface area contributed by atoms with Gasteiger partial charge in [0.05, 0.1) is 11.2 Å². The van der Waals surface area contributed by atoms with Crippen LogP contribution in [0.5, 0.6) is 0 Å². The van der Waals surface area contributed by atoms with Crippen molar-refractivity contribution < 1.29 is 22.4 Å². The highest BCUT2D eigenvalue weighted by Gasteiger charge is 2.24. The predicted octanol–water partition coefficient (Wildman–Crippen LogP) is 3.63. The van der Waals surface area contributed by atoms with Crippen LogP contribution in [0, 0.1) is 0 Å². The lowest BCUT2D eigenvalue weighted by atomic mass is 9.99. The molecule has 0 radical (unpaired) electrons. The van der Waals surface area contributed by atoms with E-state index >= 15 is 0 Å². The van der Waals surface area contributed by atoms with E-state index < -0.39 is 10.0 Å². The van der Waals surface area contributed by atoms with Crippen molar-refractivity contribution >= 4 is 33.2 Å². The molecule has 4 rings (SSSR count). The number of carbonyl (C=O) groups excluding carboxylic acids is 2. The van der Waals surface area contributed by atoms with E-state index in [9.17, 15) is 18.0 Å². The van der Waals surface area contributed by atoms with Crippen molar-refractivity contribution in [3.8, 4) is 0 Å². The van der Waals surface area contributed by atoms with Crippen LogP contribution in [0.2, 0.25) is 0 Å². The summed E-state index contributed by atoms with van der Waals surface area (Å²) in [6, 6.07) is 14.6. The molecule has 2 N–H and O–H groups in total. The second-order valence-corrected chi connectivity index (χ2v) is 9.15. The zero-order chi connectivity index (χ0) is 22.7. The molecule has 0 saturated carbocycles. The molecular weight excluding hydrogens is 430 g/mol. The Morgan fingerprint density at radius 2 is 1.78 bits per heavy atom. The first-order chi connectivity index (χ1) is 15.4. The Hall–Kier alpha value is -3.59. The van der Waals surface area contributed by atoms with Gasteiger partial charge in [-0.15, -0.1) is 0 Å². The van der Waals surface area contributed by atoms with Crippen LogP contribution >= 0.6 is 0 Å². The zero-order valence-corrected chi connectivity index (χ0v) is 18.3. The first kappa shape index (κ1) is 21.6. The number of amides is 2. The number of hydrogen-bond donors (Lipinski definition) is 2. The molecule has 0 spiro atoms. The normalized spacial score (nSPS) is 13.3. The number of hydrogen-bond acceptors (Lipinski definition) is 5. The van der Waals surface area contributed by atoms with Crippen LogP contribution in [0.1, 0.15) is 35.0 Å². The van der Waals surface area contributed by atoms with Crippen molar-refractivity contribution in [2.75, 3.05) is 16.6 Å². The minimum Gasteiger partial charge on any atom is -0.459 e. The van der Waals surface area contributed by atoms with Crippen molar-refractivity contribution in [1.82, 2.24) is 4.90 Å². The molecule has 1 aliphatic heterocycles. The van der Waals surface area contributed by atoms with Gasteiger partial charge >= 0.3 is 0 Å². The van der Waals surface area contributed by atoms with Gasteiger partial charge in [-0.05, 0) is 66.1 Å². The third-order valence-corrected chi connectivity index (χ3v) is 6.66. The van der Waals surface area contributed by atoms with Crippen LogP contribution in [0.25, 0.3) is 0 Å². The highest BCUT2D eigenvalue weighted by Crippen LogP contribution is 2.26. The Morgan fingerprint density at radius 1 is 1.03 bits per heavy atom. The average molecular weight is 454 g/mol. The van der Waals surface area contributed by atoms with Crippen LogP contribution < -0.4 is 10.0 Å². The van der Waals surface area contributed by atoms with Crippen molar-refractivity contribution in [2.45, 2.75) is 31.2 Å². The topological polar surface area (TPSA) is 109 Å². The molecule has 0 fully saturated rings. The average Bonchev–Trinajstić information content (AvgIpc) is 3.33. The first-order valence-corrected chi connectivity index (χ1v) is 11.7. The van der Waals surface area contributed by atoms with E-state index in [1.165, 1.54) is 18.4 Å². The van der Waals surface area contributed by atoms with Crippen LogP contribution in [-0.2, 0) is 27.8 Å². The smallest absolute Gasteiger partial charge is 0.289 e. The number of rotatable bonds is 6. The Bertz CT molecular complexity index is 1240. The van der Waals surface area contributed by atoms with Crippen LogP contribution in [0.15, 0.2) is 70.2 Å². The fourth-order valence-electron chi connectivity index (χ4n) is 3.53. The highest BCUT2D eigenvalue weighted by atomic mass is 32.2. The maximum atomic E-state index is 12.8. The summed E-state index contributed by atoms with van der Waals surface area (Å²) in [4.78, 5) is 25.8. The van der Waals surface area contributed by atoms with Crippen molar-refractivity contribution in [2.24, 2.45) is 0 Å². The summed E-state index contributed by atoms with van der Waals surface area (Å²) < 4.78 is 33.4.